The number of anilines is 1. The zero-order chi connectivity index (χ0) is 11.5. The van der Waals surface area contributed by atoms with Crippen LogP contribution in [0.4, 0.5) is 5.69 Å². The molecule has 0 spiro atoms. The Balaban J connectivity index is 2.14. The number of benzene rings is 1. The fraction of sp³-hybridized carbons (Fsp3) is 0.538. The van der Waals surface area contributed by atoms with Gasteiger partial charge < -0.3 is 10.6 Å². The number of piperidine rings is 1. The molecule has 1 atom stereocenters. The largest absolute Gasteiger partial charge is 0.380 e. The monoisotopic (exact) mass is 282 g/mol. The molecule has 16 heavy (non-hydrogen) atoms. The molecule has 1 unspecified atom stereocenters. The third-order valence-electron chi connectivity index (χ3n) is 3.08. The normalized spacial score (nSPS) is 20.8. The molecule has 0 saturated carbocycles. The molecule has 0 aliphatic carbocycles. The first-order chi connectivity index (χ1) is 7.66. The smallest absolute Gasteiger partial charge is 0.0517 e. The van der Waals surface area contributed by atoms with Gasteiger partial charge in [0, 0.05) is 17.1 Å². The molecule has 1 aliphatic heterocycles. The predicted molar refractivity (Wildman–Crippen MR) is 73.1 cm³/mol. The maximum absolute atomic E-state index is 3.64. The van der Waals surface area contributed by atoms with Gasteiger partial charge in [-0.15, -0.1) is 0 Å². The molecule has 1 aromatic carbocycles. The van der Waals surface area contributed by atoms with Crippen molar-refractivity contribution >= 4 is 21.6 Å². The van der Waals surface area contributed by atoms with E-state index in [1.165, 1.54) is 34.1 Å². The van der Waals surface area contributed by atoms with Crippen molar-refractivity contribution in [3.8, 4) is 0 Å². The first-order valence-corrected chi connectivity index (χ1v) is 6.70. The molecule has 1 aliphatic rings. The lowest BCUT2D eigenvalue weighted by Crippen LogP contribution is -2.38. The Labute approximate surface area is 106 Å². The Kier molecular flexibility index (Phi) is 3.87. The minimum atomic E-state index is 0.562. The van der Waals surface area contributed by atoms with Gasteiger partial charge in [0.25, 0.3) is 0 Å². The minimum Gasteiger partial charge on any atom is -0.380 e. The Hall–Kier alpha value is -0.540. The summed E-state index contributed by atoms with van der Waals surface area (Å²) in [5.41, 5.74) is 3.87. The second-order valence-electron chi connectivity index (χ2n) is 4.63. The van der Waals surface area contributed by atoms with Gasteiger partial charge in [-0.1, -0.05) is 6.07 Å². The Morgan fingerprint density at radius 1 is 1.38 bits per heavy atom. The summed E-state index contributed by atoms with van der Waals surface area (Å²) in [6.45, 7) is 6.52. The summed E-state index contributed by atoms with van der Waals surface area (Å²) < 4.78 is 1.18. The summed E-state index contributed by atoms with van der Waals surface area (Å²) in [6.07, 6.45) is 2.52. The summed E-state index contributed by atoms with van der Waals surface area (Å²) >= 11 is 3.64. The molecule has 1 aromatic rings. The molecule has 1 fully saturated rings. The fourth-order valence-corrected chi connectivity index (χ4v) is 3.07. The molecule has 0 bridgehead atoms. The quantitative estimate of drug-likeness (QED) is 0.870. The predicted octanol–water partition coefficient (Wildman–Crippen LogP) is 3.23. The van der Waals surface area contributed by atoms with E-state index in [-0.39, 0.29) is 0 Å². The van der Waals surface area contributed by atoms with Crippen molar-refractivity contribution in [3.63, 3.8) is 0 Å². The van der Waals surface area contributed by atoms with Crippen molar-refractivity contribution in [1.82, 2.24) is 5.32 Å². The SMILES string of the molecule is Cc1cc(C)c(NC2CCCNC2)c(Br)c1. The highest BCUT2D eigenvalue weighted by molar-refractivity contribution is 9.10. The third kappa shape index (κ3) is 2.77. The highest BCUT2D eigenvalue weighted by Crippen LogP contribution is 2.29. The molecular formula is C13H19BrN2. The maximum Gasteiger partial charge on any atom is 0.0517 e. The average Bonchev–Trinajstić information content (AvgIpc) is 2.25. The molecule has 2 N–H and O–H groups in total. The van der Waals surface area contributed by atoms with E-state index < -0.39 is 0 Å². The van der Waals surface area contributed by atoms with Gasteiger partial charge in [-0.2, -0.15) is 0 Å². The van der Waals surface area contributed by atoms with Gasteiger partial charge in [0.05, 0.1) is 5.69 Å². The van der Waals surface area contributed by atoms with Crippen LogP contribution in [0.25, 0.3) is 0 Å². The van der Waals surface area contributed by atoms with Crippen LogP contribution in [0.3, 0.4) is 0 Å². The fourth-order valence-electron chi connectivity index (χ4n) is 2.28. The van der Waals surface area contributed by atoms with Gasteiger partial charge in [0.2, 0.25) is 0 Å². The van der Waals surface area contributed by atoms with Crippen molar-refractivity contribution in [2.24, 2.45) is 0 Å². The molecule has 0 radical (unpaired) electrons. The molecule has 1 heterocycles. The Morgan fingerprint density at radius 3 is 2.81 bits per heavy atom. The van der Waals surface area contributed by atoms with Crippen LogP contribution in [0.15, 0.2) is 16.6 Å². The van der Waals surface area contributed by atoms with Crippen molar-refractivity contribution < 1.29 is 0 Å². The molecule has 0 amide bonds. The Bertz CT molecular complexity index is 347. The molecule has 1 saturated heterocycles. The number of hydrogen-bond acceptors (Lipinski definition) is 2. The van der Waals surface area contributed by atoms with Gasteiger partial charge >= 0.3 is 0 Å². The van der Waals surface area contributed by atoms with Crippen molar-refractivity contribution in [2.45, 2.75) is 32.7 Å². The second kappa shape index (κ2) is 5.19. The molecule has 88 valence electrons. The van der Waals surface area contributed by atoms with Gasteiger partial charge in [-0.05, 0) is 66.4 Å². The highest BCUT2D eigenvalue weighted by Gasteiger charge is 2.14. The zero-order valence-corrected chi connectivity index (χ0v) is 11.5. The highest BCUT2D eigenvalue weighted by atomic mass is 79.9. The van der Waals surface area contributed by atoms with E-state index in [2.05, 4.69) is 52.5 Å². The van der Waals surface area contributed by atoms with E-state index in [1.54, 1.807) is 0 Å². The summed E-state index contributed by atoms with van der Waals surface area (Å²) in [5, 5.41) is 7.06. The van der Waals surface area contributed by atoms with Crippen LogP contribution in [0.1, 0.15) is 24.0 Å². The van der Waals surface area contributed by atoms with Gasteiger partial charge in [-0.3, -0.25) is 0 Å². The van der Waals surface area contributed by atoms with Gasteiger partial charge in [0.15, 0.2) is 0 Å². The maximum atomic E-state index is 3.64. The van der Waals surface area contributed by atoms with E-state index in [1.807, 2.05) is 0 Å². The molecular weight excluding hydrogens is 264 g/mol. The first-order valence-electron chi connectivity index (χ1n) is 5.91. The van der Waals surface area contributed by atoms with Gasteiger partial charge in [0.1, 0.15) is 0 Å². The molecule has 2 rings (SSSR count). The average molecular weight is 283 g/mol. The summed E-state index contributed by atoms with van der Waals surface area (Å²) in [5.74, 6) is 0. The first kappa shape index (κ1) is 11.9. The zero-order valence-electron chi connectivity index (χ0n) is 9.94. The summed E-state index contributed by atoms with van der Waals surface area (Å²) in [6, 6.07) is 4.96. The van der Waals surface area contributed by atoms with Crippen LogP contribution in [-0.2, 0) is 0 Å². The van der Waals surface area contributed by atoms with Crippen LogP contribution in [0.2, 0.25) is 0 Å². The van der Waals surface area contributed by atoms with E-state index >= 15 is 0 Å². The van der Waals surface area contributed by atoms with E-state index in [4.69, 9.17) is 0 Å². The van der Waals surface area contributed by atoms with Crippen molar-refractivity contribution in [1.29, 1.82) is 0 Å². The lowest BCUT2D eigenvalue weighted by Gasteiger charge is -2.26. The van der Waals surface area contributed by atoms with E-state index in [0.717, 1.165) is 13.1 Å². The van der Waals surface area contributed by atoms with Crippen LogP contribution in [0, 0.1) is 13.8 Å². The van der Waals surface area contributed by atoms with Crippen LogP contribution < -0.4 is 10.6 Å². The summed E-state index contributed by atoms with van der Waals surface area (Å²) in [4.78, 5) is 0. The number of rotatable bonds is 2. The Morgan fingerprint density at radius 2 is 2.19 bits per heavy atom. The molecule has 3 heteroatoms. The minimum absolute atomic E-state index is 0.562. The second-order valence-corrected chi connectivity index (χ2v) is 5.48. The van der Waals surface area contributed by atoms with E-state index in [9.17, 15) is 0 Å². The lowest BCUT2D eigenvalue weighted by atomic mass is 10.1. The summed E-state index contributed by atoms with van der Waals surface area (Å²) in [7, 11) is 0. The molecule has 2 nitrogen and oxygen atoms in total. The van der Waals surface area contributed by atoms with Crippen LogP contribution in [0.5, 0.6) is 0 Å². The van der Waals surface area contributed by atoms with Gasteiger partial charge in [-0.25, -0.2) is 0 Å². The number of aryl methyl sites for hydroxylation is 2. The van der Waals surface area contributed by atoms with Crippen molar-refractivity contribution in [2.75, 3.05) is 18.4 Å². The molecule has 0 aromatic heterocycles. The topological polar surface area (TPSA) is 24.1 Å². The van der Waals surface area contributed by atoms with E-state index in [0.29, 0.717) is 6.04 Å². The van der Waals surface area contributed by atoms with Crippen molar-refractivity contribution in [3.05, 3.63) is 27.7 Å². The van der Waals surface area contributed by atoms with Crippen LogP contribution >= 0.6 is 15.9 Å². The number of halogens is 1. The standard InChI is InChI=1S/C13H19BrN2/c1-9-6-10(2)13(12(14)7-9)16-11-4-3-5-15-8-11/h6-7,11,15-16H,3-5,8H2,1-2H3. The van der Waals surface area contributed by atoms with Crippen LogP contribution in [-0.4, -0.2) is 19.1 Å². The number of hydrogen-bond donors (Lipinski definition) is 2. The third-order valence-corrected chi connectivity index (χ3v) is 3.70. The number of nitrogens with one attached hydrogen (secondary N) is 2. The lowest BCUT2D eigenvalue weighted by molar-refractivity contribution is 0.479.